The Kier molecular flexibility index (Phi) is 2.47. The maximum absolute atomic E-state index is 11.8. The van der Waals surface area contributed by atoms with E-state index in [1.807, 2.05) is 0 Å². The molecule has 2 bridgehead atoms. The van der Waals surface area contributed by atoms with Gasteiger partial charge in [0.1, 0.15) is 17.9 Å². The second kappa shape index (κ2) is 3.91. The molecular weight excluding hydrogens is 242 g/mol. The average Bonchev–Trinajstić information content (AvgIpc) is 3.06. The fraction of sp³-hybridized carbons (Fsp3) is 0.800. The minimum Gasteiger partial charge on any atom is -0.469 e. The van der Waals surface area contributed by atoms with E-state index in [1.165, 1.54) is 14.2 Å². The summed E-state index contributed by atoms with van der Waals surface area (Å²) in [4.78, 5) is 23.6. The number of nitrogens with zero attached hydrogens (tertiary/aromatic N) is 2. The van der Waals surface area contributed by atoms with E-state index in [9.17, 15) is 9.59 Å². The third-order valence-electron chi connectivity index (χ3n) is 3.81. The number of hydrogen-bond acceptors (Lipinski definition) is 8. The Morgan fingerprint density at radius 3 is 2.33 bits per heavy atom. The van der Waals surface area contributed by atoms with Gasteiger partial charge >= 0.3 is 11.9 Å². The number of fused-ring (bicyclic) bond motifs is 5. The molecule has 0 radical (unpaired) electrons. The summed E-state index contributed by atoms with van der Waals surface area (Å²) >= 11 is 0. The first-order valence-electron chi connectivity index (χ1n) is 5.65. The summed E-state index contributed by atoms with van der Waals surface area (Å²) in [7, 11) is 2.57. The van der Waals surface area contributed by atoms with Crippen molar-refractivity contribution in [1.29, 1.82) is 0 Å². The number of esters is 2. The molecule has 0 saturated carbocycles. The fourth-order valence-electron chi connectivity index (χ4n) is 3.05. The summed E-state index contributed by atoms with van der Waals surface area (Å²) in [5.41, 5.74) is 2.81. The lowest BCUT2D eigenvalue weighted by atomic mass is 9.75. The van der Waals surface area contributed by atoms with Crippen LogP contribution in [0.4, 0.5) is 0 Å². The first-order valence-corrected chi connectivity index (χ1v) is 5.65. The number of rotatable bonds is 2. The Labute approximate surface area is 103 Å². The lowest BCUT2D eigenvalue weighted by molar-refractivity contribution is -0.158. The van der Waals surface area contributed by atoms with Crippen LogP contribution < -0.4 is 5.43 Å². The molecule has 0 aromatic carbocycles. The Bertz CT molecular complexity index is 426. The Hall–Kier alpha value is -1.70. The van der Waals surface area contributed by atoms with E-state index in [4.69, 9.17) is 14.2 Å². The summed E-state index contributed by atoms with van der Waals surface area (Å²) in [6.45, 7) is 0. The van der Waals surface area contributed by atoms with E-state index >= 15 is 0 Å². The number of carbonyl (C=O) groups is 2. The number of ether oxygens (including phenoxy) is 3. The van der Waals surface area contributed by atoms with Gasteiger partial charge in [-0.2, -0.15) is 5.11 Å². The van der Waals surface area contributed by atoms with Gasteiger partial charge in [-0.25, -0.2) is 0 Å². The number of methoxy groups -OCH3 is 2. The molecular formula is C10H13N3O5. The highest BCUT2D eigenvalue weighted by atomic mass is 16.6. The van der Waals surface area contributed by atoms with Crippen LogP contribution in [0.25, 0.3) is 0 Å². The van der Waals surface area contributed by atoms with Crippen LogP contribution in [-0.2, 0) is 23.8 Å². The van der Waals surface area contributed by atoms with E-state index in [0.717, 1.165) is 0 Å². The summed E-state index contributed by atoms with van der Waals surface area (Å²) in [6.07, 6.45) is -0.929. The smallest absolute Gasteiger partial charge is 0.312 e. The van der Waals surface area contributed by atoms with Crippen molar-refractivity contribution >= 4 is 11.9 Å². The van der Waals surface area contributed by atoms with Crippen molar-refractivity contribution in [2.24, 2.45) is 22.2 Å². The lowest BCUT2D eigenvalue weighted by Crippen LogP contribution is -2.53. The van der Waals surface area contributed by atoms with Gasteiger partial charge in [-0.05, 0) is 0 Å². The molecule has 8 nitrogen and oxygen atoms in total. The zero-order valence-corrected chi connectivity index (χ0v) is 9.90. The maximum atomic E-state index is 11.8. The van der Waals surface area contributed by atoms with Gasteiger partial charge in [-0.15, -0.1) is 0 Å². The maximum Gasteiger partial charge on any atom is 0.312 e. The van der Waals surface area contributed by atoms with Gasteiger partial charge in [-0.1, -0.05) is 5.22 Å². The Morgan fingerprint density at radius 1 is 1.11 bits per heavy atom. The number of carbonyl (C=O) groups excluding carboxylic acids is 2. The van der Waals surface area contributed by atoms with Crippen molar-refractivity contribution < 1.29 is 23.8 Å². The zero-order chi connectivity index (χ0) is 12.9. The Balaban J connectivity index is 1.93. The van der Waals surface area contributed by atoms with Gasteiger partial charge < -0.3 is 14.2 Å². The summed E-state index contributed by atoms with van der Waals surface area (Å²) in [5, 5.41) is 7.73. The van der Waals surface area contributed by atoms with E-state index in [1.54, 1.807) is 0 Å². The van der Waals surface area contributed by atoms with Gasteiger partial charge in [0, 0.05) is 0 Å². The molecule has 0 aliphatic carbocycles. The van der Waals surface area contributed by atoms with Crippen molar-refractivity contribution in [3.05, 3.63) is 0 Å². The molecule has 0 unspecified atom stereocenters. The molecule has 2 saturated heterocycles. The highest BCUT2D eigenvalue weighted by molar-refractivity contribution is 5.84. The van der Waals surface area contributed by atoms with Gasteiger partial charge in [0.15, 0.2) is 0 Å². The first kappa shape index (κ1) is 11.4. The molecule has 0 spiro atoms. The Morgan fingerprint density at radius 2 is 1.72 bits per heavy atom. The van der Waals surface area contributed by atoms with Crippen LogP contribution in [0.2, 0.25) is 0 Å². The van der Waals surface area contributed by atoms with Gasteiger partial charge in [0.2, 0.25) is 0 Å². The van der Waals surface area contributed by atoms with E-state index < -0.39 is 36.0 Å². The minimum atomic E-state index is -0.674. The minimum absolute atomic E-state index is 0.167. The molecule has 0 aromatic heterocycles. The van der Waals surface area contributed by atoms with Crippen molar-refractivity contribution in [3.8, 4) is 0 Å². The second-order valence-corrected chi connectivity index (χ2v) is 4.52. The number of nitrogens with one attached hydrogen (secondary N) is 1. The fourth-order valence-corrected chi connectivity index (χ4v) is 3.05. The highest BCUT2D eigenvalue weighted by Gasteiger charge is 2.66. The average molecular weight is 255 g/mol. The first-order chi connectivity index (χ1) is 8.69. The van der Waals surface area contributed by atoms with Crippen LogP contribution in [0.15, 0.2) is 10.3 Å². The number of hydrogen-bond donors (Lipinski definition) is 1. The van der Waals surface area contributed by atoms with E-state index in [2.05, 4.69) is 15.8 Å². The summed E-state index contributed by atoms with van der Waals surface area (Å²) < 4.78 is 15.2. The molecule has 2 fully saturated rings. The molecule has 3 heterocycles. The van der Waals surface area contributed by atoms with E-state index in [-0.39, 0.29) is 12.1 Å². The zero-order valence-electron chi connectivity index (χ0n) is 9.90. The third kappa shape index (κ3) is 1.29. The molecule has 8 heteroatoms. The van der Waals surface area contributed by atoms with Crippen LogP contribution in [-0.4, -0.2) is 50.4 Å². The van der Waals surface area contributed by atoms with Crippen LogP contribution >= 0.6 is 0 Å². The predicted octanol–water partition coefficient (Wildman–Crippen LogP) is -0.947. The summed E-state index contributed by atoms with van der Waals surface area (Å²) in [6, 6.07) is -0.403. The SMILES string of the molecule is COC(=O)[C@H]1[C@@H]2O[C@@H]([C@H]3N=NN[C@H]32)[C@@H]1C(=O)OC. The largest absolute Gasteiger partial charge is 0.469 e. The van der Waals surface area contributed by atoms with Gasteiger partial charge in [-0.3, -0.25) is 15.0 Å². The monoisotopic (exact) mass is 255 g/mol. The topological polar surface area (TPSA) is 98.6 Å². The molecule has 3 aliphatic heterocycles. The van der Waals surface area contributed by atoms with E-state index in [0.29, 0.717) is 0 Å². The third-order valence-corrected chi connectivity index (χ3v) is 3.81. The van der Waals surface area contributed by atoms with Crippen molar-refractivity contribution in [2.75, 3.05) is 14.2 Å². The predicted molar refractivity (Wildman–Crippen MR) is 55.2 cm³/mol. The van der Waals surface area contributed by atoms with Crippen LogP contribution in [0, 0.1) is 11.8 Å². The van der Waals surface area contributed by atoms with Crippen LogP contribution in [0.5, 0.6) is 0 Å². The van der Waals surface area contributed by atoms with Crippen molar-refractivity contribution in [2.45, 2.75) is 24.3 Å². The van der Waals surface area contributed by atoms with Crippen LogP contribution in [0.3, 0.4) is 0 Å². The molecule has 98 valence electrons. The van der Waals surface area contributed by atoms with Gasteiger partial charge in [0.05, 0.1) is 32.5 Å². The molecule has 0 aromatic rings. The molecule has 6 atom stereocenters. The molecule has 0 amide bonds. The summed E-state index contributed by atoms with van der Waals surface area (Å²) in [5.74, 6) is -2.28. The molecule has 1 N–H and O–H groups in total. The molecule has 3 rings (SSSR count). The quantitative estimate of drug-likeness (QED) is 0.639. The lowest BCUT2D eigenvalue weighted by Gasteiger charge is -2.29. The van der Waals surface area contributed by atoms with Crippen LogP contribution in [0.1, 0.15) is 0 Å². The normalized spacial score (nSPS) is 43.4. The standard InChI is InChI=1S/C10H13N3O5/c1-16-9(14)3-4(10(15)17-2)8-6-5(7(3)18-8)11-13-12-6/h3-8H,1-2H3,(H,11,12)/t3-,4-,5-,6+,7+,8-/m1/s1. The second-order valence-electron chi connectivity index (χ2n) is 4.52. The van der Waals surface area contributed by atoms with Crippen molar-refractivity contribution in [1.82, 2.24) is 5.43 Å². The highest BCUT2D eigenvalue weighted by Crippen LogP contribution is 2.47. The molecule has 3 aliphatic rings. The molecule has 18 heavy (non-hydrogen) atoms. The van der Waals surface area contributed by atoms with Gasteiger partial charge in [0.25, 0.3) is 0 Å². The van der Waals surface area contributed by atoms with Crippen molar-refractivity contribution in [3.63, 3.8) is 0 Å².